The van der Waals surface area contributed by atoms with Crippen molar-refractivity contribution in [3.63, 3.8) is 0 Å². The van der Waals surface area contributed by atoms with Crippen LogP contribution in [-0.2, 0) is 12.8 Å². The monoisotopic (exact) mass is 310 g/mol. The Kier molecular flexibility index (Phi) is 5.45. The standard InChI is InChI=1S/C17H17Cl2F/c18-12-17(13-19,10-14-6-2-1-3-7-14)11-15-8-4-5-9-16(15)20/h1-9H,10-13H2. The third-order valence-corrected chi connectivity index (χ3v) is 4.65. The molecule has 0 aromatic heterocycles. The van der Waals surface area contributed by atoms with Gasteiger partial charge in [0, 0.05) is 17.2 Å². The van der Waals surface area contributed by atoms with Gasteiger partial charge in [-0.1, -0.05) is 48.5 Å². The molecular weight excluding hydrogens is 294 g/mol. The minimum absolute atomic E-state index is 0.194. The van der Waals surface area contributed by atoms with Crippen LogP contribution in [0.3, 0.4) is 0 Å². The van der Waals surface area contributed by atoms with Crippen LogP contribution in [0.2, 0.25) is 0 Å². The van der Waals surface area contributed by atoms with Crippen LogP contribution >= 0.6 is 23.2 Å². The number of rotatable bonds is 6. The number of benzene rings is 2. The number of alkyl halides is 2. The zero-order chi connectivity index (χ0) is 14.4. The molecule has 0 aliphatic rings. The molecule has 2 aromatic rings. The first-order valence-electron chi connectivity index (χ1n) is 6.58. The summed E-state index contributed by atoms with van der Waals surface area (Å²) in [6.07, 6.45) is 1.29. The predicted octanol–water partition coefficient (Wildman–Crippen LogP) is 5.07. The van der Waals surface area contributed by atoms with Crippen LogP contribution in [0.15, 0.2) is 54.6 Å². The molecule has 0 saturated heterocycles. The van der Waals surface area contributed by atoms with Crippen LogP contribution in [0.4, 0.5) is 4.39 Å². The molecule has 0 spiro atoms. The van der Waals surface area contributed by atoms with Crippen LogP contribution in [-0.4, -0.2) is 11.8 Å². The summed E-state index contributed by atoms with van der Waals surface area (Å²) >= 11 is 12.3. The molecule has 2 aromatic carbocycles. The van der Waals surface area contributed by atoms with Gasteiger partial charge in [-0.3, -0.25) is 0 Å². The predicted molar refractivity (Wildman–Crippen MR) is 84.1 cm³/mol. The van der Waals surface area contributed by atoms with Crippen LogP contribution in [0, 0.1) is 11.2 Å². The van der Waals surface area contributed by atoms with E-state index in [1.165, 1.54) is 11.6 Å². The van der Waals surface area contributed by atoms with E-state index in [4.69, 9.17) is 23.2 Å². The number of hydrogen-bond donors (Lipinski definition) is 0. The minimum atomic E-state index is -0.327. The zero-order valence-corrected chi connectivity index (χ0v) is 12.7. The molecular formula is C17H17Cl2F. The van der Waals surface area contributed by atoms with E-state index in [0.29, 0.717) is 23.7 Å². The molecule has 0 radical (unpaired) electrons. The van der Waals surface area contributed by atoms with Gasteiger partial charge in [0.15, 0.2) is 0 Å². The topological polar surface area (TPSA) is 0 Å². The Morgan fingerprint density at radius 2 is 1.40 bits per heavy atom. The Bertz CT molecular complexity index is 536. The molecule has 0 unspecified atom stereocenters. The van der Waals surface area contributed by atoms with Gasteiger partial charge in [0.2, 0.25) is 0 Å². The Labute approximate surface area is 129 Å². The van der Waals surface area contributed by atoms with Gasteiger partial charge >= 0.3 is 0 Å². The van der Waals surface area contributed by atoms with Crippen molar-refractivity contribution in [2.45, 2.75) is 12.8 Å². The van der Waals surface area contributed by atoms with Crippen LogP contribution in [0.5, 0.6) is 0 Å². The molecule has 0 saturated carbocycles. The van der Waals surface area contributed by atoms with Crippen molar-refractivity contribution in [2.75, 3.05) is 11.8 Å². The third-order valence-electron chi connectivity index (χ3n) is 3.51. The molecule has 0 fully saturated rings. The molecule has 0 nitrogen and oxygen atoms in total. The summed E-state index contributed by atoms with van der Waals surface area (Å²) in [6, 6.07) is 16.9. The molecule has 106 valence electrons. The van der Waals surface area contributed by atoms with E-state index >= 15 is 0 Å². The van der Waals surface area contributed by atoms with E-state index in [0.717, 1.165) is 6.42 Å². The van der Waals surface area contributed by atoms with Gasteiger partial charge in [0.05, 0.1) is 0 Å². The maximum Gasteiger partial charge on any atom is 0.126 e. The fourth-order valence-electron chi connectivity index (χ4n) is 2.36. The first-order chi connectivity index (χ1) is 9.69. The molecule has 3 heteroatoms. The lowest BCUT2D eigenvalue weighted by atomic mass is 9.79. The molecule has 0 aliphatic heterocycles. The second-order valence-electron chi connectivity index (χ2n) is 5.20. The van der Waals surface area contributed by atoms with Crippen molar-refractivity contribution >= 4 is 23.2 Å². The summed E-state index contributed by atoms with van der Waals surface area (Å²) in [7, 11) is 0. The van der Waals surface area contributed by atoms with Crippen molar-refractivity contribution in [2.24, 2.45) is 5.41 Å². The first-order valence-corrected chi connectivity index (χ1v) is 7.65. The van der Waals surface area contributed by atoms with E-state index in [1.807, 2.05) is 24.3 Å². The van der Waals surface area contributed by atoms with Crippen LogP contribution < -0.4 is 0 Å². The van der Waals surface area contributed by atoms with Gasteiger partial charge in [-0.05, 0) is 30.0 Å². The van der Waals surface area contributed by atoms with Crippen LogP contribution in [0.25, 0.3) is 0 Å². The third kappa shape index (κ3) is 3.74. The summed E-state index contributed by atoms with van der Waals surface area (Å²) in [5.74, 6) is 0.611. The Morgan fingerprint density at radius 3 is 2.00 bits per heavy atom. The van der Waals surface area contributed by atoms with E-state index in [9.17, 15) is 4.39 Å². The molecule has 0 amide bonds. The maximum absolute atomic E-state index is 13.8. The van der Waals surface area contributed by atoms with E-state index in [2.05, 4.69) is 12.1 Å². The SMILES string of the molecule is Fc1ccccc1CC(CCl)(CCl)Cc1ccccc1. The highest BCUT2D eigenvalue weighted by Crippen LogP contribution is 2.31. The zero-order valence-electron chi connectivity index (χ0n) is 11.2. The summed E-state index contributed by atoms with van der Waals surface area (Å²) in [6.45, 7) is 0. The van der Waals surface area contributed by atoms with E-state index in [1.54, 1.807) is 12.1 Å². The molecule has 0 bridgehead atoms. The highest BCUT2D eigenvalue weighted by Gasteiger charge is 2.30. The largest absolute Gasteiger partial charge is 0.207 e. The van der Waals surface area contributed by atoms with Gasteiger partial charge in [0.25, 0.3) is 0 Å². The van der Waals surface area contributed by atoms with Gasteiger partial charge in [-0.2, -0.15) is 0 Å². The first kappa shape index (κ1) is 15.3. The number of hydrogen-bond acceptors (Lipinski definition) is 0. The van der Waals surface area contributed by atoms with Crippen molar-refractivity contribution in [3.05, 3.63) is 71.5 Å². The molecule has 0 aliphatic carbocycles. The van der Waals surface area contributed by atoms with Gasteiger partial charge in [-0.15, -0.1) is 23.2 Å². The number of halogens is 3. The van der Waals surface area contributed by atoms with Gasteiger partial charge in [-0.25, -0.2) is 4.39 Å². The molecule has 20 heavy (non-hydrogen) atoms. The van der Waals surface area contributed by atoms with Crippen molar-refractivity contribution in [1.29, 1.82) is 0 Å². The second-order valence-corrected chi connectivity index (χ2v) is 5.73. The van der Waals surface area contributed by atoms with Gasteiger partial charge in [0.1, 0.15) is 5.82 Å². The Balaban J connectivity index is 2.23. The summed E-state index contributed by atoms with van der Waals surface area (Å²) < 4.78 is 13.8. The summed E-state index contributed by atoms with van der Waals surface area (Å²) in [5.41, 5.74) is 1.52. The quantitative estimate of drug-likeness (QED) is 0.653. The van der Waals surface area contributed by atoms with Crippen LogP contribution in [0.1, 0.15) is 11.1 Å². The molecule has 0 N–H and O–H groups in total. The van der Waals surface area contributed by atoms with E-state index in [-0.39, 0.29) is 11.2 Å². The molecule has 2 rings (SSSR count). The summed E-state index contributed by atoms with van der Waals surface area (Å²) in [4.78, 5) is 0. The average molecular weight is 311 g/mol. The lowest BCUT2D eigenvalue weighted by molar-refractivity contribution is 0.367. The van der Waals surface area contributed by atoms with Gasteiger partial charge < -0.3 is 0 Å². The molecule has 0 atom stereocenters. The highest BCUT2D eigenvalue weighted by molar-refractivity contribution is 6.21. The average Bonchev–Trinajstić information content (AvgIpc) is 2.50. The fraction of sp³-hybridized carbons (Fsp3) is 0.294. The smallest absolute Gasteiger partial charge is 0.126 e. The normalized spacial score (nSPS) is 11.6. The lowest BCUT2D eigenvalue weighted by Crippen LogP contribution is -2.31. The Morgan fingerprint density at radius 1 is 0.800 bits per heavy atom. The molecule has 0 heterocycles. The van der Waals surface area contributed by atoms with Crippen molar-refractivity contribution < 1.29 is 4.39 Å². The van der Waals surface area contributed by atoms with E-state index < -0.39 is 0 Å². The van der Waals surface area contributed by atoms with Crippen molar-refractivity contribution in [1.82, 2.24) is 0 Å². The maximum atomic E-state index is 13.8. The fourth-order valence-corrected chi connectivity index (χ4v) is 3.03. The minimum Gasteiger partial charge on any atom is -0.207 e. The highest BCUT2D eigenvalue weighted by atomic mass is 35.5. The van der Waals surface area contributed by atoms with Crippen molar-refractivity contribution in [3.8, 4) is 0 Å². The lowest BCUT2D eigenvalue weighted by Gasteiger charge is -2.30. The second kappa shape index (κ2) is 7.10. The summed E-state index contributed by atoms with van der Waals surface area (Å²) in [5, 5.41) is 0. The Hall–Kier alpha value is -1.05.